The average molecular weight is 530 g/mol. The highest BCUT2D eigenvalue weighted by Gasteiger charge is 2.39. The van der Waals surface area contributed by atoms with Crippen molar-refractivity contribution in [2.45, 2.75) is 37.4 Å². The van der Waals surface area contributed by atoms with E-state index in [1.165, 1.54) is 18.3 Å². The number of aliphatic carboxylic acids is 1. The molecule has 37 heavy (non-hydrogen) atoms. The van der Waals surface area contributed by atoms with Crippen molar-refractivity contribution in [2.75, 3.05) is 5.73 Å². The first-order valence-electron chi connectivity index (χ1n) is 10.5. The third kappa shape index (κ3) is 6.86. The van der Waals surface area contributed by atoms with Crippen LogP contribution >= 0.6 is 0 Å². The zero-order valence-corrected chi connectivity index (χ0v) is 18.7. The van der Waals surface area contributed by atoms with Gasteiger partial charge < -0.3 is 21.1 Å². The zero-order chi connectivity index (χ0) is 27.5. The molecule has 1 aromatic carbocycles. The van der Waals surface area contributed by atoms with E-state index in [-0.39, 0.29) is 22.6 Å². The van der Waals surface area contributed by atoms with Crippen LogP contribution in [-0.2, 0) is 17.1 Å². The van der Waals surface area contributed by atoms with Gasteiger partial charge >= 0.3 is 18.3 Å². The van der Waals surface area contributed by atoms with Crippen LogP contribution in [0.3, 0.4) is 0 Å². The van der Waals surface area contributed by atoms with Gasteiger partial charge in [0.2, 0.25) is 5.82 Å². The van der Waals surface area contributed by atoms with Gasteiger partial charge in [0.15, 0.2) is 0 Å². The van der Waals surface area contributed by atoms with Crippen molar-refractivity contribution < 1.29 is 46.5 Å². The third-order valence-corrected chi connectivity index (χ3v) is 5.06. The summed E-state index contributed by atoms with van der Waals surface area (Å²) < 4.78 is 82.6. The maximum absolute atomic E-state index is 14.0. The summed E-state index contributed by atoms with van der Waals surface area (Å²) >= 11 is 0. The van der Waals surface area contributed by atoms with Crippen molar-refractivity contribution in [1.29, 1.82) is 0 Å². The van der Waals surface area contributed by atoms with Crippen LogP contribution in [0.2, 0.25) is 0 Å². The second kappa shape index (κ2) is 10.6. The van der Waals surface area contributed by atoms with Crippen molar-refractivity contribution in [3.05, 3.63) is 60.1 Å². The highest BCUT2D eigenvalue weighted by atomic mass is 19.4. The number of pyridine rings is 1. The Labute approximate surface area is 205 Å². The van der Waals surface area contributed by atoms with Gasteiger partial charge in [-0.05, 0) is 30.3 Å². The Morgan fingerprint density at radius 3 is 2.35 bits per heavy atom. The van der Waals surface area contributed by atoms with Crippen molar-refractivity contribution >= 4 is 18.0 Å². The van der Waals surface area contributed by atoms with Gasteiger partial charge in [-0.1, -0.05) is 12.1 Å². The monoisotopic (exact) mass is 530 g/mol. The molecule has 0 radical (unpaired) electrons. The molecule has 14 heteroatoms. The Bertz CT molecular complexity index is 1300. The van der Waals surface area contributed by atoms with Crippen LogP contribution in [0, 0.1) is 0 Å². The quantitative estimate of drug-likeness (QED) is 0.319. The summed E-state index contributed by atoms with van der Waals surface area (Å²) in [4.78, 5) is 18.1. The molecule has 0 aliphatic carbocycles. The Balaban J connectivity index is 2.23. The van der Waals surface area contributed by atoms with E-state index < -0.39 is 60.5 Å². The Hall–Kier alpha value is -3.91. The number of nitrogen functional groups attached to an aromatic ring is 1. The molecular weight excluding hydrogens is 510 g/mol. The summed E-state index contributed by atoms with van der Waals surface area (Å²) in [5.74, 6) is -2.94. The molecule has 2 heterocycles. The molecule has 2 aromatic heterocycles. The number of carboxylic acid groups (broad SMARTS) is 1. The second-order valence-electron chi connectivity index (χ2n) is 7.94. The summed E-state index contributed by atoms with van der Waals surface area (Å²) in [5.41, 5.74) is 3.55. The van der Waals surface area contributed by atoms with Gasteiger partial charge in [0.05, 0.1) is 35.6 Å². The summed E-state index contributed by atoms with van der Waals surface area (Å²) in [6, 6.07) is 6.07. The number of halogens is 6. The molecule has 0 fully saturated rings. The third-order valence-electron chi connectivity index (χ3n) is 5.06. The first-order chi connectivity index (χ1) is 17.2. The van der Waals surface area contributed by atoms with Crippen molar-refractivity contribution in [3.8, 4) is 22.5 Å². The van der Waals surface area contributed by atoms with E-state index in [0.717, 1.165) is 30.5 Å². The van der Waals surface area contributed by atoms with Crippen LogP contribution in [0.25, 0.3) is 28.7 Å². The van der Waals surface area contributed by atoms with Gasteiger partial charge in [0.25, 0.3) is 0 Å². The Morgan fingerprint density at radius 2 is 1.76 bits per heavy atom. The van der Waals surface area contributed by atoms with Gasteiger partial charge in [-0.25, -0.2) is 9.97 Å². The van der Waals surface area contributed by atoms with E-state index >= 15 is 0 Å². The van der Waals surface area contributed by atoms with Gasteiger partial charge in [0, 0.05) is 29.9 Å². The standard InChI is InChI=1S/C23H20F6N4O4/c24-22(25,26)14-3-1-2-13(8-14)20-19(12-4-6-31-17(30)9-12)32-21(23(27,28)29)33(20)7-5-15(34)10-16(35)11-18(36)37/h1-9,15-16,34-35H,10-11H2,(H2,30,31)(H,36,37)/t15-,16-/m1/s1. The first-order valence-corrected chi connectivity index (χ1v) is 10.5. The molecule has 0 unspecified atom stereocenters. The van der Waals surface area contributed by atoms with E-state index in [1.54, 1.807) is 0 Å². The van der Waals surface area contributed by atoms with E-state index in [9.17, 15) is 41.4 Å². The number of hydrogen-bond donors (Lipinski definition) is 4. The number of hydrogen-bond acceptors (Lipinski definition) is 6. The molecule has 0 amide bonds. The zero-order valence-electron chi connectivity index (χ0n) is 18.7. The number of benzene rings is 1. The number of rotatable bonds is 8. The number of nitrogens with zero attached hydrogens (tertiary/aromatic N) is 3. The lowest BCUT2D eigenvalue weighted by molar-refractivity contribution is -0.145. The van der Waals surface area contributed by atoms with Crippen LogP contribution in [0.1, 0.15) is 24.2 Å². The maximum atomic E-state index is 14.0. The number of anilines is 1. The van der Waals surface area contributed by atoms with Crippen LogP contribution < -0.4 is 5.73 Å². The van der Waals surface area contributed by atoms with Gasteiger partial charge in [-0.2, -0.15) is 26.3 Å². The molecule has 0 aliphatic heterocycles. The van der Waals surface area contributed by atoms with Crippen LogP contribution in [0.15, 0.2) is 48.7 Å². The van der Waals surface area contributed by atoms with Crippen molar-refractivity contribution in [1.82, 2.24) is 14.5 Å². The molecule has 0 saturated heterocycles. The van der Waals surface area contributed by atoms with E-state index in [2.05, 4.69) is 9.97 Å². The van der Waals surface area contributed by atoms with Crippen molar-refractivity contribution in [2.24, 2.45) is 0 Å². The minimum absolute atomic E-state index is 0.0370. The van der Waals surface area contributed by atoms with Crippen molar-refractivity contribution in [3.63, 3.8) is 0 Å². The molecule has 0 saturated carbocycles. The smallest absolute Gasteiger partial charge is 0.450 e. The largest absolute Gasteiger partial charge is 0.481 e. The summed E-state index contributed by atoms with van der Waals surface area (Å²) in [5, 5.41) is 28.5. The van der Waals surface area contributed by atoms with Crippen LogP contribution in [-0.4, -0.2) is 48.0 Å². The summed E-state index contributed by atoms with van der Waals surface area (Å²) in [6.07, 6.45) is -11.4. The molecule has 5 N–H and O–H groups in total. The van der Waals surface area contributed by atoms with Crippen LogP contribution in [0.5, 0.6) is 0 Å². The number of aromatic nitrogens is 3. The molecule has 0 bridgehead atoms. The molecule has 3 aromatic rings. The minimum Gasteiger partial charge on any atom is -0.481 e. The van der Waals surface area contributed by atoms with Gasteiger partial charge in [-0.15, -0.1) is 0 Å². The lowest BCUT2D eigenvalue weighted by atomic mass is 10.0. The number of nitrogens with two attached hydrogens (primary N) is 1. The second-order valence-corrected chi connectivity index (χ2v) is 7.94. The van der Waals surface area contributed by atoms with E-state index in [0.29, 0.717) is 10.6 Å². The SMILES string of the molecule is Nc1cc(-c2nc(C(F)(F)F)n(C=C[C@@H](O)C[C@@H](O)CC(=O)O)c2-c2cccc(C(F)(F)F)c2)ccn1. The van der Waals surface area contributed by atoms with E-state index in [4.69, 9.17) is 10.8 Å². The van der Waals surface area contributed by atoms with Gasteiger partial charge in [0.1, 0.15) is 5.82 Å². The number of carbonyl (C=O) groups is 1. The maximum Gasteiger partial charge on any atom is 0.450 e. The molecular formula is C23H20F6N4O4. The fourth-order valence-electron chi connectivity index (χ4n) is 3.52. The fourth-order valence-corrected chi connectivity index (χ4v) is 3.52. The Kier molecular flexibility index (Phi) is 7.93. The van der Waals surface area contributed by atoms with Gasteiger partial charge in [-0.3, -0.25) is 9.36 Å². The predicted molar refractivity (Wildman–Crippen MR) is 120 cm³/mol. The molecule has 198 valence electrons. The molecule has 0 aliphatic rings. The number of imidazole rings is 1. The van der Waals surface area contributed by atoms with E-state index in [1.807, 2.05) is 0 Å². The lowest BCUT2D eigenvalue weighted by Gasteiger charge is -2.14. The Morgan fingerprint density at radius 1 is 1.05 bits per heavy atom. The van der Waals surface area contributed by atoms with Crippen LogP contribution in [0.4, 0.5) is 32.2 Å². The summed E-state index contributed by atoms with van der Waals surface area (Å²) in [7, 11) is 0. The number of carboxylic acids is 1. The average Bonchev–Trinajstić information content (AvgIpc) is 3.17. The summed E-state index contributed by atoms with van der Waals surface area (Å²) in [6.45, 7) is 0. The molecule has 2 atom stereocenters. The number of alkyl halides is 6. The highest BCUT2D eigenvalue weighted by molar-refractivity contribution is 5.81. The molecule has 0 spiro atoms. The minimum atomic E-state index is -5.08. The highest BCUT2D eigenvalue weighted by Crippen LogP contribution is 2.40. The molecule has 8 nitrogen and oxygen atoms in total. The number of aliphatic hydroxyl groups is 2. The predicted octanol–water partition coefficient (Wildman–Crippen LogP) is 4.29. The molecule has 3 rings (SSSR count). The topological polar surface area (TPSA) is 134 Å². The first kappa shape index (κ1) is 27.7. The lowest BCUT2D eigenvalue weighted by Crippen LogP contribution is -2.19. The normalized spacial score (nSPS) is 14.2. The number of aliphatic hydroxyl groups excluding tert-OH is 2. The fraction of sp³-hybridized carbons (Fsp3) is 0.261.